The number of carbonyl (C=O) groups is 1. The van der Waals surface area contributed by atoms with E-state index in [9.17, 15) is 20.1 Å². The Morgan fingerprint density at radius 1 is 0.689 bits per heavy atom. The Morgan fingerprint density at radius 3 is 1.60 bits per heavy atom. The minimum absolute atomic E-state index is 0.120. The third-order valence-electron chi connectivity index (χ3n) is 8.36. The van der Waals surface area contributed by atoms with Gasteiger partial charge in [-0.15, -0.1) is 0 Å². The molecule has 0 aromatic heterocycles. The highest BCUT2D eigenvalue weighted by Gasteiger charge is 2.45. The second kappa shape index (κ2) is 29.3. The van der Waals surface area contributed by atoms with Crippen LogP contribution in [0.3, 0.4) is 0 Å². The smallest absolute Gasteiger partial charge is 0.217 e. The molecule has 1 fully saturated rings. The molecule has 0 spiro atoms. The van der Waals surface area contributed by atoms with E-state index >= 15 is 0 Å². The van der Waals surface area contributed by atoms with Crippen LogP contribution in [0.25, 0.3) is 0 Å². The van der Waals surface area contributed by atoms with E-state index in [2.05, 4.69) is 19.2 Å². The molecule has 0 aromatic carbocycles. The lowest BCUT2D eigenvalue weighted by Gasteiger charge is -2.42. The summed E-state index contributed by atoms with van der Waals surface area (Å²) in [6.07, 6.45) is 17.8. The van der Waals surface area contributed by atoms with Gasteiger partial charge in [0.15, 0.2) is 6.29 Å². The molecule has 0 saturated carbocycles. The van der Waals surface area contributed by atoms with Crippen LogP contribution in [0.15, 0.2) is 0 Å². The van der Waals surface area contributed by atoms with Crippen molar-refractivity contribution in [1.29, 1.82) is 0 Å². The lowest BCUT2D eigenvalue weighted by Crippen LogP contribution is -2.64. The van der Waals surface area contributed by atoms with Crippen LogP contribution in [0.5, 0.6) is 0 Å². The lowest BCUT2D eigenvalue weighted by molar-refractivity contribution is -0.272. The maximum atomic E-state index is 11.7. The van der Waals surface area contributed by atoms with Gasteiger partial charge in [0.1, 0.15) is 30.5 Å². The molecule has 4 N–H and O–H groups in total. The van der Waals surface area contributed by atoms with Gasteiger partial charge >= 0.3 is 0 Å². The van der Waals surface area contributed by atoms with Gasteiger partial charge in [-0.25, -0.2) is 0 Å². The molecule has 5 atom stereocenters. The number of hydrogen-bond acceptors (Lipinski definition) is 9. The van der Waals surface area contributed by atoms with Crippen molar-refractivity contribution in [3.05, 3.63) is 0 Å². The fraction of sp³-hybridized carbons (Fsp3) is 0.971. The molecule has 1 aliphatic heterocycles. The number of unbranched alkanes of at least 4 members (excludes halogenated alkanes) is 16. The number of carbonyl (C=O) groups excluding carboxylic acids is 1. The van der Waals surface area contributed by atoms with Crippen molar-refractivity contribution in [1.82, 2.24) is 5.32 Å². The van der Waals surface area contributed by atoms with Crippen LogP contribution < -0.4 is 5.32 Å². The topological polar surface area (TPSA) is 136 Å². The summed E-state index contributed by atoms with van der Waals surface area (Å²) in [5, 5.41) is 32.8. The molecule has 1 amide bonds. The minimum atomic E-state index is -1.35. The molecule has 268 valence electrons. The molecule has 0 radical (unpaired) electrons. The summed E-state index contributed by atoms with van der Waals surface area (Å²) < 4.78 is 29.4. The zero-order valence-electron chi connectivity index (χ0n) is 28.9. The molecule has 45 heavy (non-hydrogen) atoms. The molecular formula is C35H69NO9. The fourth-order valence-corrected chi connectivity index (χ4v) is 5.60. The molecule has 1 rings (SSSR count). The van der Waals surface area contributed by atoms with Crippen molar-refractivity contribution in [3.8, 4) is 0 Å². The standard InChI is InChI=1S/C35H69NO9/c1-4-6-8-10-12-14-16-18-20-22-41-27-30(28-42-23-21-19-17-15-13-11-9-7-5-2)43-24-25-44-35-32(36-29(3)38)34(40)33(39)31(26-37)45-35/h30-35,37,39-40H,4-28H2,1-3H3,(H,36,38)/t31-,32-,33+,34-,35+/m1/s1. The van der Waals surface area contributed by atoms with Gasteiger partial charge in [0.05, 0.1) is 33.0 Å². The quantitative estimate of drug-likeness (QED) is 0.0727. The number of hydrogen-bond donors (Lipinski definition) is 4. The monoisotopic (exact) mass is 647 g/mol. The maximum Gasteiger partial charge on any atom is 0.217 e. The van der Waals surface area contributed by atoms with E-state index in [1.165, 1.54) is 110 Å². The number of ether oxygens (including phenoxy) is 5. The SMILES string of the molecule is CCCCCCCCCCCOCC(COCCCCCCCCCCC)OCCO[C@H]1O[C@H](CO)[C@H](O)[C@H](O)[C@H]1NC(C)=O. The van der Waals surface area contributed by atoms with Gasteiger partial charge in [-0.1, -0.05) is 117 Å². The second-order valence-corrected chi connectivity index (χ2v) is 12.6. The molecule has 1 heterocycles. The molecule has 1 saturated heterocycles. The van der Waals surface area contributed by atoms with Crippen molar-refractivity contribution in [3.63, 3.8) is 0 Å². The van der Waals surface area contributed by atoms with Crippen LogP contribution >= 0.6 is 0 Å². The Kier molecular flexibility index (Phi) is 27.5. The molecule has 0 aromatic rings. The summed E-state index contributed by atoms with van der Waals surface area (Å²) in [4.78, 5) is 11.7. The first-order chi connectivity index (χ1) is 21.9. The van der Waals surface area contributed by atoms with Crippen LogP contribution in [0.4, 0.5) is 0 Å². The number of rotatable bonds is 31. The lowest BCUT2D eigenvalue weighted by atomic mass is 9.97. The number of aliphatic hydroxyl groups is 3. The first kappa shape index (κ1) is 42.2. The van der Waals surface area contributed by atoms with Gasteiger partial charge in [-0.2, -0.15) is 0 Å². The highest BCUT2D eigenvalue weighted by atomic mass is 16.7. The number of nitrogens with one attached hydrogen (secondary N) is 1. The van der Waals surface area contributed by atoms with Crippen molar-refractivity contribution in [2.75, 3.05) is 46.2 Å². The van der Waals surface area contributed by atoms with E-state index in [0.29, 0.717) is 26.4 Å². The molecule has 10 nitrogen and oxygen atoms in total. The molecule has 0 unspecified atom stereocenters. The van der Waals surface area contributed by atoms with Crippen molar-refractivity contribution >= 4 is 5.91 Å². The summed E-state index contributed by atoms with van der Waals surface area (Å²) in [5.74, 6) is -0.393. The Hall–Kier alpha value is -0.850. The summed E-state index contributed by atoms with van der Waals surface area (Å²) in [6, 6.07) is -0.976. The molecule has 10 heteroatoms. The van der Waals surface area contributed by atoms with E-state index in [0.717, 1.165) is 12.8 Å². The van der Waals surface area contributed by atoms with Gasteiger partial charge in [-0.3, -0.25) is 4.79 Å². The first-order valence-electron chi connectivity index (χ1n) is 18.2. The third-order valence-corrected chi connectivity index (χ3v) is 8.36. The highest BCUT2D eigenvalue weighted by molar-refractivity contribution is 5.73. The van der Waals surface area contributed by atoms with Crippen LogP contribution in [0.1, 0.15) is 136 Å². The van der Waals surface area contributed by atoms with E-state index in [4.69, 9.17) is 23.7 Å². The van der Waals surface area contributed by atoms with Crippen molar-refractivity contribution < 1.29 is 43.8 Å². The zero-order valence-corrected chi connectivity index (χ0v) is 28.9. The highest BCUT2D eigenvalue weighted by Crippen LogP contribution is 2.22. The second-order valence-electron chi connectivity index (χ2n) is 12.6. The Balaban J connectivity index is 2.39. The maximum absolute atomic E-state index is 11.7. The van der Waals surface area contributed by atoms with Crippen LogP contribution in [-0.4, -0.2) is 104 Å². The van der Waals surface area contributed by atoms with E-state index in [1.807, 2.05) is 0 Å². The largest absolute Gasteiger partial charge is 0.394 e. The molecule has 0 aliphatic carbocycles. The van der Waals surface area contributed by atoms with Gasteiger partial charge < -0.3 is 44.3 Å². The van der Waals surface area contributed by atoms with Crippen LogP contribution in [0, 0.1) is 0 Å². The normalized spacial score (nSPS) is 21.9. The Morgan fingerprint density at radius 2 is 1.16 bits per heavy atom. The van der Waals surface area contributed by atoms with Gasteiger partial charge in [-0.05, 0) is 12.8 Å². The minimum Gasteiger partial charge on any atom is -0.394 e. The number of aliphatic hydroxyl groups excluding tert-OH is 3. The Bertz CT molecular complexity index is 645. The number of amides is 1. The summed E-state index contributed by atoms with van der Waals surface area (Å²) in [5.41, 5.74) is 0. The Labute approximate surface area is 274 Å². The zero-order chi connectivity index (χ0) is 33.0. The molecule has 0 bridgehead atoms. The van der Waals surface area contributed by atoms with E-state index in [1.54, 1.807) is 0 Å². The van der Waals surface area contributed by atoms with Gasteiger partial charge in [0.25, 0.3) is 0 Å². The predicted octanol–water partition coefficient (Wildman–Crippen LogP) is 5.43. The third kappa shape index (κ3) is 21.6. The van der Waals surface area contributed by atoms with E-state index in [-0.39, 0.29) is 19.3 Å². The summed E-state index contributed by atoms with van der Waals surface area (Å²) >= 11 is 0. The average molecular weight is 648 g/mol. The van der Waals surface area contributed by atoms with Gasteiger partial charge in [0, 0.05) is 20.1 Å². The summed E-state index contributed by atoms with van der Waals surface area (Å²) in [6.45, 7) is 7.91. The average Bonchev–Trinajstić information content (AvgIpc) is 3.03. The summed E-state index contributed by atoms with van der Waals surface area (Å²) in [7, 11) is 0. The predicted molar refractivity (Wildman–Crippen MR) is 177 cm³/mol. The van der Waals surface area contributed by atoms with E-state index < -0.39 is 43.2 Å². The molecular weight excluding hydrogens is 578 g/mol. The van der Waals surface area contributed by atoms with Crippen LogP contribution in [-0.2, 0) is 28.5 Å². The first-order valence-corrected chi connectivity index (χ1v) is 18.2. The van der Waals surface area contributed by atoms with Crippen molar-refractivity contribution in [2.45, 2.75) is 173 Å². The molecule has 1 aliphatic rings. The fourth-order valence-electron chi connectivity index (χ4n) is 5.60. The van der Waals surface area contributed by atoms with Crippen molar-refractivity contribution in [2.24, 2.45) is 0 Å². The van der Waals surface area contributed by atoms with Crippen LogP contribution in [0.2, 0.25) is 0 Å². The van der Waals surface area contributed by atoms with Gasteiger partial charge in [0.2, 0.25) is 5.91 Å².